The Bertz CT molecular complexity index is 574. The number of pyridine rings is 1. The van der Waals surface area contributed by atoms with Crippen molar-refractivity contribution in [2.45, 2.75) is 12.6 Å². The van der Waals surface area contributed by atoms with Crippen molar-refractivity contribution in [1.82, 2.24) is 15.2 Å². The van der Waals surface area contributed by atoms with Gasteiger partial charge in [-0.2, -0.15) is 0 Å². The van der Waals surface area contributed by atoms with E-state index in [4.69, 9.17) is 11.6 Å². The first-order valence-corrected chi connectivity index (χ1v) is 7.00. The maximum absolute atomic E-state index is 9.82. The van der Waals surface area contributed by atoms with E-state index in [0.29, 0.717) is 24.7 Å². The highest BCUT2D eigenvalue weighted by Crippen LogP contribution is 2.22. The van der Waals surface area contributed by atoms with Gasteiger partial charge < -0.3 is 15.3 Å². The van der Waals surface area contributed by atoms with E-state index >= 15 is 0 Å². The van der Waals surface area contributed by atoms with Crippen molar-refractivity contribution in [2.75, 3.05) is 27.2 Å². The summed E-state index contributed by atoms with van der Waals surface area (Å²) in [6, 6.07) is 7.73. The van der Waals surface area contributed by atoms with Gasteiger partial charge in [-0.3, -0.25) is 4.98 Å². The number of nitrogens with zero attached hydrogens (tertiary/aromatic N) is 2. The van der Waals surface area contributed by atoms with Crippen molar-refractivity contribution >= 4 is 22.5 Å². The van der Waals surface area contributed by atoms with E-state index < -0.39 is 0 Å². The number of rotatable bonds is 6. The molecule has 20 heavy (non-hydrogen) atoms. The Labute approximate surface area is 124 Å². The fourth-order valence-corrected chi connectivity index (χ4v) is 2.47. The number of aliphatic hydroxyl groups is 1. The number of likely N-dealkylation sites (N-methyl/N-ethyl adjacent to an activating group) is 1. The summed E-state index contributed by atoms with van der Waals surface area (Å²) in [5.41, 5.74) is 2.00. The Morgan fingerprint density at radius 1 is 1.40 bits per heavy atom. The molecule has 0 saturated heterocycles. The van der Waals surface area contributed by atoms with Crippen molar-refractivity contribution in [1.29, 1.82) is 0 Å². The molecule has 1 aromatic carbocycles. The lowest BCUT2D eigenvalue weighted by Crippen LogP contribution is -2.34. The van der Waals surface area contributed by atoms with Gasteiger partial charge in [-0.05, 0) is 37.9 Å². The van der Waals surface area contributed by atoms with Crippen molar-refractivity contribution in [3.05, 3.63) is 41.0 Å². The number of fused-ring (bicyclic) bond motifs is 1. The van der Waals surface area contributed by atoms with E-state index in [0.717, 1.165) is 16.5 Å². The summed E-state index contributed by atoms with van der Waals surface area (Å²) < 4.78 is 0. The van der Waals surface area contributed by atoms with E-state index in [-0.39, 0.29) is 6.10 Å². The van der Waals surface area contributed by atoms with Crippen LogP contribution in [0.25, 0.3) is 10.9 Å². The SMILES string of the molecule is CN(C)CC(O)CNCc1cc(Cl)cc2cccnc12. The lowest BCUT2D eigenvalue weighted by atomic mass is 10.1. The van der Waals surface area contributed by atoms with Crippen LogP contribution in [0.1, 0.15) is 5.56 Å². The van der Waals surface area contributed by atoms with Crippen LogP contribution in [0.2, 0.25) is 5.02 Å². The molecule has 1 atom stereocenters. The maximum atomic E-state index is 9.82. The second-order valence-electron chi connectivity index (χ2n) is 5.19. The summed E-state index contributed by atoms with van der Waals surface area (Å²) in [4.78, 5) is 6.36. The van der Waals surface area contributed by atoms with Gasteiger partial charge >= 0.3 is 0 Å². The van der Waals surface area contributed by atoms with Gasteiger partial charge in [-0.15, -0.1) is 0 Å². The van der Waals surface area contributed by atoms with E-state index in [2.05, 4.69) is 10.3 Å². The minimum atomic E-state index is -0.386. The molecule has 4 nitrogen and oxygen atoms in total. The van der Waals surface area contributed by atoms with E-state index in [9.17, 15) is 5.11 Å². The minimum absolute atomic E-state index is 0.386. The van der Waals surface area contributed by atoms with Crippen LogP contribution in [0.5, 0.6) is 0 Å². The van der Waals surface area contributed by atoms with Crippen LogP contribution < -0.4 is 5.32 Å². The summed E-state index contributed by atoms with van der Waals surface area (Å²) in [5, 5.41) is 14.8. The molecule has 0 saturated carbocycles. The topological polar surface area (TPSA) is 48.4 Å². The van der Waals surface area contributed by atoms with Crippen molar-refractivity contribution in [3.8, 4) is 0 Å². The fraction of sp³-hybridized carbons (Fsp3) is 0.400. The van der Waals surface area contributed by atoms with E-state index in [1.165, 1.54) is 0 Å². The maximum Gasteiger partial charge on any atom is 0.0791 e. The lowest BCUT2D eigenvalue weighted by molar-refractivity contribution is 0.134. The van der Waals surface area contributed by atoms with Gasteiger partial charge in [0.25, 0.3) is 0 Å². The van der Waals surface area contributed by atoms with Gasteiger partial charge in [0.05, 0.1) is 11.6 Å². The summed E-state index contributed by atoms with van der Waals surface area (Å²) in [6.45, 7) is 1.82. The summed E-state index contributed by atoms with van der Waals surface area (Å²) in [5.74, 6) is 0. The van der Waals surface area contributed by atoms with Gasteiger partial charge in [-0.25, -0.2) is 0 Å². The van der Waals surface area contributed by atoms with Crippen LogP contribution in [-0.2, 0) is 6.54 Å². The molecule has 1 heterocycles. The van der Waals surface area contributed by atoms with Crippen LogP contribution in [0.15, 0.2) is 30.5 Å². The predicted molar refractivity (Wildman–Crippen MR) is 83.0 cm³/mol. The second kappa shape index (κ2) is 6.99. The monoisotopic (exact) mass is 293 g/mol. The third-order valence-electron chi connectivity index (χ3n) is 3.02. The van der Waals surface area contributed by atoms with Crippen molar-refractivity contribution in [2.24, 2.45) is 0 Å². The normalized spacial score (nSPS) is 13.1. The van der Waals surface area contributed by atoms with Gasteiger partial charge in [0.15, 0.2) is 0 Å². The number of hydrogen-bond donors (Lipinski definition) is 2. The molecular weight excluding hydrogens is 274 g/mol. The summed E-state index contributed by atoms with van der Waals surface area (Å²) in [6.07, 6.45) is 1.39. The molecule has 2 aromatic rings. The lowest BCUT2D eigenvalue weighted by Gasteiger charge is -2.16. The zero-order valence-electron chi connectivity index (χ0n) is 11.8. The number of hydrogen-bond acceptors (Lipinski definition) is 4. The first-order valence-electron chi connectivity index (χ1n) is 6.63. The summed E-state index contributed by atoms with van der Waals surface area (Å²) >= 11 is 6.12. The Morgan fingerprint density at radius 3 is 2.95 bits per heavy atom. The van der Waals surface area contributed by atoms with E-state index in [1.54, 1.807) is 6.20 Å². The Morgan fingerprint density at radius 2 is 2.20 bits per heavy atom. The Balaban J connectivity index is 2.03. The van der Waals surface area contributed by atoms with Gasteiger partial charge in [0.1, 0.15) is 0 Å². The first kappa shape index (κ1) is 15.2. The van der Waals surface area contributed by atoms with Crippen molar-refractivity contribution < 1.29 is 5.11 Å². The third kappa shape index (κ3) is 4.15. The molecule has 1 unspecified atom stereocenters. The standard InChI is InChI=1S/C15H20ClN3O/c1-19(2)10-14(20)9-17-8-12-7-13(16)6-11-4-3-5-18-15(11)12/h3-7,14,17,20H,8-10H2,1-2H3. The molecule has 0 aliphatic rings. The highest BCUT2D eigenvalue weighted by Gasteiger charge is 2.07. The number of halogens is 1. The summed E-state index contributed by atoms with van der Waals surface area (Å²) in [7, 11) is 3.88. The van der Waals surface area contributed by atoms with Crippen LogP contribution in [0.3, 0.4) is 0 Å². The Kier molecular flexibility index (Phi) is 5.31. The van der Waals surface area contributed by atoms with Gasteiger partial charge in [-0.1, -0.05) is 17.7 Å². The number of benzene rings is 1. The number of nitrogens with one attached hydrogen (secondary N) is 1. The van der Waals surface area contributed by atoms with Gasteiger partial charge in [0.2, 0.25) is 0 Å². The first-order chi connectivity index (χ1) is 9.56. The number of aliphatic hydroxyl groups excluding tert-OH is 1. The largest absolute Gasteiger partial charge is 0.390 e. The van der Waals surface area contributed by atoms with E-state index in [1.807, 2.05) is 43.3 Å². The molecule has 0 bridgehead atoms. The molecule has 108 valence electrons. The molecule has 0 aliphatic heterocycles. The van der Waals surface area contributed by atoms with Crippen LogP contribution in [-0.4, -0.2) is 48.3 Å². The highest BCUT2D eigenvalue weighted by atomic mass is 35.5. The van der Waals surface area contributed by atoms with Crippen LogP contribution in [0.4, 0.5) is 0 Å². The zero-order valence-corrected chi connectivity index (χ0v) is 12.6. The molecule has 0 amide bonds. The molecule has 0 fully saturated rings. The number of aromatic nitrogens is 1. The smallest absolute Gasteiger partial charge is 0.0791 e. The molecule has 2 N–H and O–H groups in total. The molecule has 0 spiro atoms. The molecule has 1 aromatic heterocycles. The van der Waals surface area contributed by atoms with Crippen LogP contribution >= 0.6 is 11.6 Å². The fourth-order valence-electron chi connectivity index (χ4n) is 2.22. The molecule has 2 rings (SSSR count). The molecule has 0 aliphatic carbocycles. The predicted octanol–water partition coefficient (Wildman–Crippen LogP) is 1.90. The van der Waals surface area contributed by atoms with Crippen LogP contribution in [0, 0.1) is 0 Å². The average molecular weight is 294 g/mol. The molecule has 5 heteroatoms. The quantitative estimate of drug-likeness (QED) is 0.854. The molecule has 0 radical (unpaired) electrons. The Hall–Kier alpha value is -1.20. The molecular formula is C15H20ClN3O. The van der Waals surface area contributed by atoms with Crippen molar-refractivity contribution in [3.63, 3.8) is 0 Å². The van der Waals surface area contributed by atoms with Gasteiger partial charge in [0, 0.05) is 36.2 Å². The minimum Gasteiger partial charge on any atom is -0.390 e. The second-order valence-corrected chi connectivity index (χ2v) is 5.62. The third-order valence-corrected chi connectivity index (χ3v) is 3.24. The average Bonchev–Trinajstić information content (AvgIpc) is 2.37. The zero-order chi connectivity index (χ0) is 14.5. The highest BCUT2D eigenvalue weighted by molar-refractivity contribution is 6.31.